The maximum absolute atomic E-state index is 11.9. The Labute approximate surface area is 113 Å². The number of furan rings is 1. The second kappa shape index (κ2) is 5.04. The molecule has 0 aliphatic heterocycles. The van der Waals surface area contributed by atoms with E-state index in [2.05, 4.69) is 0 Å². The van der Waals surface area contributed by atoms with Crippen LogP contribution in [-0.2, 0) is 6.42 Å². The van der Waals surface area contributed by atoms with Crippen LogP contribution < -0.4 is 10.2 Å². The molecule has 1 heterocycles. The van der Waals surface area contributed by atoms with Crippen LogP contribution in [0.4, 0.5) is 5.69 Å². The molecule has 2 rings (SSSR count). The number of carboxylic acids is 1. The highest BCUT2D eigenvalue weighted by Crippen LogP contribution is 2.30. The molecule has 0 spiro atoms. The van der Waals surface area contributed by atoms with E-state index >= 15 is 0 Å². The van der Waals surface area contributed by atoms with Gasteiger partial charge in [0.05, 0.1) is 4.92 Å². The third kappa shape index (κ3) is 2.61. The molecule has 0 unspecified atom stereocenters. The minimum Gasteiger partial charge on any atom is -0.868 e. The fourth-order valence-electron chi connectivity index (χ4n) is 1.86. The molecule has 1 aromatic carbocycles. The van der Waals surface area contributed by atoms with Crippen LogP contribution in [0.3, 0.4) is 0 Å². The van der Waals surface area contributed by atoms with Crippen LogP contribution >= 0.6 is 0 Å². The highest BCUT2D eigenvalue weighted by atomic mass is 16.6. The Balaban J connectivity index is 2.37. The van der Waals surface area contributed by atoms with Crippen molar-refractivity contribution >= 4 is 11.7 Å². The van der Waals surface area contributed by atoms with Crippen LogP contribution in [0.2, 0.25) is 0 Å². The summed E-state index contributed by atoms with van der Waals surface area (Å²) in [6.45, 7) is 1.63. The van der Waals surface area contributed by atoms with E-state index < -0.39 is 22.3 Å². The van der Waals surface area contributed by atoms with E-state index in [1.54, 1.807) is 6.92 Å². The zero-order chi connectivity index (χ0) is 14.9. The minimum absolute atomic E-state index is 0.0192. The van der Waals surface area contributed by atoms with Gasteiger partial charge in [-0.2, -0.15) is 0 Å². The molecular weight excluding hydrogens is 266 g/mol. The number of rotatable bonds is 4. The lowest BCUT2D eigenvalue weighted by Crippen LogP contribution is -2.21. The summed E-state index contributed by atoms with van der Waals surface area (Å²) in [4.78, 5) is 20.6. The number of nitrogens with zero attached hydrogens (tertiary/aromatic N) is 1. The molecule has 20 heavy (non-hydrogen) atoms. The van der Waals surface area contributed by atoms with Gasteiger partial charge in [0.1, 0.15) is 17.5 Å². The van der Waals surface area contributed by atoms with Gasteiger partial charge in [0.15, 0.2) is 0 Å². The Morgan fingerprint density at radius 2 is 2.05 bits per heavy atom. The van der Waals surface area contributed by atoms with E-state index in [-0.39, 0.29) is 23.5 Å². The van der Waals surface area contributed by atoms with Gasteiger partial charge in [-0.15, -0.1) is 0 Å². The number of nitro groups is 1. The molecule has 0 saturated heterocycles. The van der Waals surface area contributed by atoms with Crippen LogP contribution in [0.25, 0.3) is 0 Å². The quantitative estimate of drug-likeness (QED) is 0.592. The van der Waals surface area contributed by atoms with Gasteiger partial charge < -0.3 is 19.4 Å². The van der Waals surface area contributed by atoms with Gasteiger partial charge >= 0.3 is 0 Å². The third-order valence-corrected chi connectivity index (χ3v) is 2.71. The van der Waals surface area contributed by atoms with Crippen molar-refractivity contribution in [3.05, 3.63) is 57.0 Å². The molecule has 7 nitrogen and oxygen atoms in total. The average molecular weight is 275 g/mol. The van der Waals surface area contributed by atoms with Crippen molar-refractivity contribution in [1.82, 2.24) is 0 Å². The minimum atomic E-state index is -1.46. The largest absolute Gasteiger partial charge is 0.868 e. The molecule has 7 heteroatoms. The monoisotopic (exact) mass is 275 g/mol. The number of aromatic carboxylic acids is 1. The first-order valence-electron chi connectivity index (χ1n) is 5.63. The van der Waals surface area contributed by atoms with Crippen LogP contribution in [0, 0.1) is 17.0 Å². The fraction of sp³-hybridized carbons (Fsp3) is 0.154. The topological polar surface area (TPSA) is 119 Å². The zero-order valence-corrected chi connectivity index (χ0v) is 10.4. The number of carbonyl (C=O) groups is 1. The molecule has 0 aliphatic rings. The van der Waals surface area contributed by atoms with Crippen molar-refractivity contribution in [3.63, 3.8) is 0 Å². The highest BCUT2D eigenvalue weighted by molar-refractivity contribution is 5.82. The van der Waals surface area contributed by atoms with E-state index in [0.717, 1.165) is 0 Å². The Morgan fingerprint density at radius 3 is 2.60 bits per heavy atom. The first-order chi connectivity index (χ1) is 9.38. The van der Waals surface area contributed by atoms with Crippen LogP contribution in [0.1, 0.15) is 27.4 Å². The summed E-state index contributed by atoms with van der Waals surface area (Å²) in [6, 6.07) is 5.30. The van der Waals surface area contributed by atoms with Crippen molar-refractivity contribution in [3.8, 4) is 5.75 Å². The average Bonchev–Trinajstić information content (AvgIpc) is 2.81. The Morgan fingerprint density at radius 1 is 1.35 bits per heavy atom. The van der Waals surface area contributed by atoms with Crippen molar-refractivity contribution in [2.45, 2.75) is 13.3 Å². The molecule has 0 radical (unpaired) electrons. The molecular formula is C13H9NO6-2. The molecule has 0 N–H and O–H groups in total. The number of benzene rings is 1. The van der Waals surface area contributed by atoms with E-state index in [9.17, 15) is 25.1 Å². The molecule has 2 aromatic rings. The predicted molar refractivity (Wildman–Crippen MR) is 63.1 cm³/mol. The normalized spacial score (nSPS) is 10.4. The molecule has 0 bridgehead atoms. The molecule has 0 aliphatic carbocycles. The summed E-state index contributed by atoms with van der Waals surface area (Å²) in [6.07, 6.45) is -0.0192. The molecule has 0 amide bonds. The Hall–Kier alpha value is -2.83. The first-order valence-corrected chi connectivity index (χ1v) is 5.63. The van der Waals surface area contributed by atoms with Gasteiger partial charge in [0.25, 0.3) is 5.69 Å². The summed E-state index contributed by atoms with van der Waals surface area (Å²) >= 11 is 0. The van der Waals surface area contributed by atoms with Crippen LogP contribution in [-0.4, -0.2) is 10.9 Å². The van der Waals surface area contributed by atoms with Crippen LogP contribution in [0.15, 0.2) is 28.7 Å². The van der Waals surface area contributed by atoms with Gasteiger partial charge in [-0.1, -0.05) is 6.07 Å². The van der Waals surface area contributed by atoms with Gasteiger partial charge in [-0.3, -0.25) is 10.1 Å². The van der Waals surface area contributed by atoms with Crippen molar-refractivity contribution in [2.24, 2.45) is 0 Å². The summed E-state index contributed by atoms with van der Waals surface area (Å²) in [5, 5.41) is 33.2. The third-order valence-electron chi connectivity index (χ3n) is 2.71. The van der Waals surface area contributed by atoms with Gasteiger partial charge in [-0.25, -0.2) is 0 Å². The maximum atomic E-state index is 11.9. The zero-order valence-electron chi connectivity index (χ0n) is 10.4. The second-order valence-corrected chi connectivity index (χ2v) is 4.26. The van der Waals surface area contributed by atoms with E-state index in [1.165, 1.54) is 24.3 Å². The lowest BCUT2D eigenvalue weighted by molar-refractivity contribution is -0.398. The number of aryl methyl sites for hydroxylation is 1. The molecule has 104 valence electrons. The SMILES string of the molecule is Cc1cc(Cc2ccc(C(=O)[O-])o2)c([O-])c([N+](=O)[O-])c1. The van der Waals surface area contributed by atoms with Crippen molar-refractivity contribution < 1.29 is 24.3 Å². The molecule has 0 atom stereocenters. The highest BCUT2D eigenvalue weighted by Gasteiger charge is 2.13. The Kier molecular flexibility index (Phi) is 3.43. The van der Waals surface area contributed by atoms with E-state index in [0.29, 0.717) is 5.56 Å². The number of hydrogen-bond acceptors (Lipinski definition) is 6. The number of hydrogen-bond donors (Lipinski definition) is 0. The van der Waals surface area contributed by atoms with E-state index in [4.69, 9.17) is 4.42 Å². The van der Waals surface area contributed by atoms with Gasteiger partial charge in [0, 0.05) is 12.5 Å². The van der Waals surface area contributed by atoms with Crippen molar-refractivity contribution in [2.75, 3.05) is 0 Å². The maximum Gasteiger partial charge on any atom is 0.262 e. The van der Waals surface area contributed by atoms with Gasteiger partial charge in [-0.05, 0) is 35.9 Å². The lowest BCUT2D eigenvalue weighted by Gasteiger charge is -2.13. The summed E-state index contributed by atoms with van der Waals surface area (Å²) in [5.41, 5.74) is 0.237. The van der Waals surface area contributed by atoms with Gasteiger partial charge in [0.2, 0.25) is 0 Å². The Bertz CT molecular complexity index is 688. The standard InChI is InChI=1S/C13H11NO6/c1-7-4-8(12(15)10(5-7)14(18)19)6-9-2-3-11(20-9)13(16)17/h2-5,15H,6H2,1H3,(H,16,17)/p-2. The predicted octanol–water partition coefficient (Wildman–Crippen LogP) is 0.524. The summed E-state index contributed by atoms with van der Waals surface area (Å²) in [5.74, 6) is -2.29. The number of carbonyl (C=O) groups excluding carboxylic acids is 1. The van der Waals surface area contributed by atoms with E-state index in [1.807, 2.05) is 0 Å². The smallest absolute Gasteiger partial charge is 0.262 e. The fourth-order valence-corrected chi connectivity index (χ4v) is 1.86. The van der Waals surface area contributed by atoms with Crippen LogP contribution in [0.5, 0.6) is 5.75 Å². The molecule has 1 aromatic heterocycles. The first kappa shape index (κ1) is 13.6. The summed E-state index contributed by atoms with van der Waals surface area (Å²) < 4.78 is 4.97. The number of carboxylic acid groups (broad SMARTS) is 1. The number of nitro benzene ring substituents is 1. The lowest BCUT2D eigenvalue weighted by atomic mass is 10.0. The molecule has 0 fully saturated rings. The van der Waals surface area contributed by atoms with Crippen molar-refractivity contribution in [1.29, 1.82) is 0 Å². The summed E-state index contributed by atoms with van der Waals surface area (Å²) in [7, 11) is 0. The second-order valence-electron chi connectivity index (χ2n) is 4.26. The molecule has 0 saturated carbocycles.